The third kappa shape index (κ3) is 7.58. The van der Waals surface area contributed by atoms with Crippen LogP contribution in [0.5, 0.6) is 0 Å². The number of rotatable bonds is 13. The van der Waals surface area contributed by atoms with Crippen LogP contribution in [0.25, 0.3) is 0 Å². The topological polar surface area (TPSA) is 55.9 Å². The van der Waals surface area contributed by atoms with Gasteiger partial charge in [-0.15, -0.1) is 0 Å². The van der Waals surface area contributed by atoms with E-state index in [1.165, 1.54) is 44.1 Å². The minimum Gasteiger partial charge on any atom is -0.338 e. The molecule has 7 heteroatoms. The van der Waals surface area contributed by atoms with Crippen molar-refractivity contribution < 1.29 is 9.59 Å². The number of nitrogens with zero attached hydrogens (tertiary/aromatic N) is 3. The maximum absolute atomic E-state index is 13.3. The Balaban J connectivity index is 1.28. The molecule has 2 atom stereocenters. The number of hydrogen-bond acceptors (Lipinski definition) is 3. The van der Waals surface area contributed by atoms with Gasteiger partial charge in [0.25, 0.3) is 5.91 Å². The predicted molar refractivity (Wildman–Crippen MR) is 160 cm³/mol. The lowest BCUT2D eigenvalue weighted by Crippen LogP contribution is -2.53. The standard InChI is InChI=1S/C32H49ClN4O2/c1-4-5-6-7-8-11-16-34-31(39)37(24-25-14-15-26-23-28(25)32(26,2)3)22-19-35-17-20-36(21-18-35)30(38)27-12-9-10-13-29(27)33/h9-10,12-14,26,28H,4-8,11,15-24H2,1-3H3,(H,34,39). The van der Waals surface area contributed by atoms with Crippen LogP contribution in [0.15, 0.2) is 35.9 Å². The molecular formula is C32H49ClN4O2. The Kier molecular flexibility index (Phi) is 10.8. The zero-order valence-corrected chi connectivity index (χ0v) is 25.1. The number of halogens is 1. The molecule has 2 unspecified atom stereocenters. The highest BCUT2D eigenvalue weighted by atomic mass is 35.5. The summed E-state index contributed by atoms with van der Waals surface area (Å²) in [6.07, 6.45) is 12.2. The number of urea groups is 1. The summed E-state index contributed by atoms with van der Waals surface area (Å²) in [5, 5.41) is 3.73. The molecule has 0 radical (unpaired) electrons. The molecule has 1 saturated carbocycles. The van der Waals surface area contributed by atoms with Gasteiger partial charge in [0, 0.05) is 52.4 Å². The van der Waals surface area contributed by atoms with Crippen molar-refractivity contribution in [3.05, 3.63) is 46.5 Å². The summed E-state index contributed by atoms with van der Waals surface area (Å²) in [5.74, 6) is 1.40. The fourth-order valence-corrected chi connectivity index (χ4v) is 6.80. The van der Waals surface area contributed by atoms with E-state index in [1.807, 2.05) is 21.9 Å². The van der Waals surface area contributed by atoms with Crippen LogP contribution < -0.4 is 5.32 Å². The number of piperazine rings is 1. The van der Waals surface area contributed by atoms with Gasteiger partial charge in [-0.05, 0) is 48.6 Å². The highest BCUT2D eigenvalue weighted by molar-refractivity contribution is 6.33. The van der Waals surface area contributed by atoms with Crippen LogP contribution in [-0.2, 0) is 0 Å². The van der Waals surface area contributed by atoms with Gasteiger partial charge in [-0.25, -0.2) is 4.79 Å². The molecule has 5 rings (SSSR count). The number of benzene rings is 1. The molecule has 3 amide bonds. The molecule has 3 aliphatic carbocycles. The molecule has 0 aromatic heterocycles. The first kappa shape index (κ1) is 29.9. The fraction of sp³-hybridized carbons (Fsp3) is 0.688. The first-order chi connectivity index (χ1) is 18.8. The first-order valence-electron chi connectivity index (χ1n) is 15.3. The lowest BCUT2D eigenvalue weighted by molar-refractivity contribution is -0.00984. The van der Waals surface area contributed by atoms with Gasteiger partial charge in [0.2, 0.25) is 0 Å². The van der Waals surface area contributed by atoms with Crippen LogP contribution in [0.1, 0.15) is 82.5 Å². The Bertz CT molecular complexity index is 1000. The van der Waals surface area contributed by atoms with Crippen molar-refractivity contribution in [3.63, 3.8) is 0 Å². The average molecular weight is 557 g/mol. The highest BCUT2D eigenvalue weighted by Gasteiger charge is 2.51. The van der Waals surface area contributed by atoms with E-state index in [0.29, 0.717) is 41.6 Å². The molecule has 39 heavy (non-hydrogen) atoms. The third-order valence-corrected chi connectivity index (χ3v) is 9.83. The van der Waals surface area contributed by atoms with E-state index in [-0.39, 0.29) is 11.9 Å². The maximum Gasteiger partial charge on any atom is 0.317 e. The second kappa shape index (κ2) is 14.0. The maximum atomic E-state index is 13.3. The van der Waals surface area contributed by atoms with E-state index in [2.05, 4.69) is 37.1 Å². The second-order valence-corrected chi connectivity index (χ2v) is 12.8. The average Bonchev–Trinajstić information content (AvgIpc) is 2.94. The number of carbonyl (C=O) groups is 2. The Labute approximate surface area is 241 Å². The molecule has 0 spiro atoms. The molecule has 1 N–H and O–H groups in total. The number of amides is 3. The van der Waals surface area contributed by atoms with Gasteiger partial charge >= 0.3 is 6.03 Å². The van der Waals surface area contributed by atoms with Gasteiger partial charge in [0.1, 0.15) is 0 Å². The van der Waals surface area contributed by atoms with Gasteiger partial charge < -0.3 is 15.1 Å². The fourth-order valence-electron chi connectivity index (χ4n) is 6.58. The molecule has 1 saturated heterocycles. The summed E-state index contributed by atoms with van der Waals surface area (Å²) in [5.41, 5.74) is 2.38. The van der Waals surface area contributed by atoms with Crippen molar-refractivity contribution in [1.82, 2.24) is 20.0 Å². The number of hydrogen-bond donors (Lipinski definition) is 1. The molecule has 1 aromatic rings. The summed E-state index contributed by atoms with van der Waals surface area (Å²) in [4.78, 5) is 32.6. The Morgan fingerprint density at radius 3 is 2.46 bits per heavy atom. The molecule has 1 aromatic carbocycles. The van der Waals surface area contributed by atoms with Crippen LogP contribution in [0.4, 0.5) is 4.79 Å². The molecule has 2 fully saturated rings. The Hall–Kier alpha value is -2.05. The number of nitrogens with one attached hydrogen (secondary N) is 1. The van der Waals surface area contributed by atoms with Gasteiger partial charge in [-0.1, -0.05) is 88.3 Å². The van der Waals surface area contributed by atoms with Crippen LogP contribution in [0, 0.1) is 17.3 Å². The number of carbonyl (C=O) groups excluding carboxylic acids is 2. The van der Waals surface area contributed by atoms with Crippen molar-refractivity contribution >= 4 is 23.5 Å². The first-order valence-corrected chi connectivity index (χ1v) is 15.7. The zero-order valence-electron chi connectivity index (χ0n) is 24.4. The number of allylic oxidation sites excluding steroid dienone is 1. The largest absolute Gasteiger partial charge is 0.338 e. The monoisotopic (exact) mass is 556 g/mol. The van der Waals surface area contributed by atoms with Gasteiger partial charge in [-0.2, -0.15) is 0 Å². The minimum atomic E-state index is 0.00148. The van der Waals surface area contributed by atoms with E-state index >= 15 is 0 Å². The van der Waals surface area contributed by atoms with Crippen molar-refractivity contribution in [2.75, 3.05) is 52.4 Å². The summed E-state index contributed by atoms with van der Waals surface area (Å²) in [6, 6.07) is 7.33. The van der Waals surface area contributed by atoms with E-state index < -0.39 is 0 Å². The van der Waals surface area contributed by atoms with Crippen molar-refractivity contribution in [2.24, 2.45) is 17.3 Å². The molecule has 4 aliphatic rings. The van der Waals surface area contributed by atoms with E-state index in [1.54, 1.807) is 12.1 Å². The van der Waals surface area contributed by atoms with Crippen molar-refractivity contribution in [2.45, 2.75) is 72.1 Å². The molecule has 216 valence electrons. The quantitative estimate of drug-likeness (QED) is 0.224. The van der Waals surface area contributed by atoms with Crippen LogP contribution >= 0.6 is 11.6 Å². The number of unbranched alkanes of at least 4 members (excludes halogenated alkanes) is 5. The van der Waals surface area contributed by atoms with E-state index in [9.17, 15) is 9.59 Å². The Morgan fingerprint density at radius 2 is 1.77 bits per heavy atom. The minimum absolute atomic E-state index is 0.00148. The smallest absolute Gasteiger partial charge is 0.317 e. The second-order valence-electron chi connectivity index (χ2n) is 12.4. The molecular weight excluding hydrogens is 508 g/mol. The zero-order chi connectivity index (χ0) is 27.8. The van der Waals surface area contributed by atoms with Crippen molar-refractivity contribution in [3.8, 4) is 0 Å². The molecule has 1 heterocycles. The van der Waals surface area contributed by atoms with Crippen LogP contribution in [0.2, 0.25) is 5.02 Å². The lowest BCUT2D eigenvalue weighted by atomic mass is 9.49. The summed E-state index contributed by atoms with van der Waals surface area (Å²) in [6.45, 7) is 13.0. The summed E-state index contributed by atoms with van der Waals surface area (Å²) in [7, 11) is 0. The Morgan fingerprint density at radius 1 is 1.05 bits per heavy atom. The van der Waals surface area contributed by atoms with Crippen molar-refractivity contribution in [1.29, 1.82) is 0 Å². The van der Waals surface area contributed by atoms with Crippen LogP contribution in [0.3, 0.4) is 0 Å². The predicted octanol–water partition coefficient (Wildman–Crippen LogP) is 6.46. The SMILES string of the molecule is CCCCCCCCNC(=O)N(CCN1CCN(C(=O)c2ccccc2Cl)CC1)CC1=CCC2CC1C2(C)C. The van der Waals surface area contributed by atoms with Gasteiger partial charge in [-0.3, -0.25) is 9.69 Å². The summed E-state index contributed by atoms with van der Waals surface area (Å²) >= 11 is 6.26. The van der Waals surface area contributed by atoms with Gasteiger partial charge in [0.05, 0.1) is 10.6 Å². The lowest BCUT2D eigenvalue weighted by Gasteiger charge is -2.57. The number of fused-ring (bicyclic) bond motifs is 1. The molecule has 6 nitrogen and oxygen atoms in total. The molecule has 1 aliphatic heterocycles. The highest BCUT2D eigenvalue weighted by Crippen LogP contribution is 2.59. The molecule has 2 bridgehead atoms. The third-order valence-electron chi connectivity index (χ3n) is 9.50. The van der Waals surface area contributed by atoms with E-state index in [0.717, 1.165) is 51.5 Å². The normalized spacial score (nSPS) is 22.2. The summed E-state index contributed by atoms with van der Waals surface area (Å²) < 4.78 is 0. The van der Waals surface area contributed by atoms with Crippen LogP contribution in [-0.4, -0.2) is 79.0 Å². The van der Waals surface area contributed by atoms with E-state index in [4.69, 9.17) is 11.6 Å². The van der Waals surface area contributed by atoms with Gasteiger partial charge in [0.15, 0.2) is 0 Å².